The molecule has 2 aromatic carbocycles. The maximum Gasteiger partial charge on any atom is 0.243 e. The lowest BCUT2D eigenvalue weighted by Crippen LogP contribution is -2.56. The lowest BCUT2D eigenvalue weighted by molar-refractivity contribution is -0.131. The van der Waals surface area contributed by atoms with Crippen LogP contribution >= 0.6 is 0 Å². The van der Waals surface area contributed by atoms with Gasteiger partial charge in [0.05, 0.1) is 49.3 Å². The number of hydrogen-bond donors (Lipinski definition) is 7. The summed E-state index contributed by atoms with van der Waals surface area (Å²) in [5, 5.41) is 31.2. The number of carbonyl (C=O) groups excluding carboxylic acids is 3. The highest BCUT2D eigenvalue weighted by Gasteiger charge is 2.31. The van der Waals surface area contributed by atoms with Gasteiger partial charge < -0.3 is 36.9 Å². The molecule has 3 amide bonds. The monoisotopic (exact) mass is 608 g/mol. The fourth-order valence-electron chi connectivity index (χ4n) is 5.25. The minimum Gasteiger partial charge on any atom is -0.394 e. The Morgan fingerprint density at radius 2 is 1.68 bits per heavy atom. The average Bonchev–Trinajstić information content (AvgIpc) is 3.51. The first-order valence-electron chi connectivity index (χ1n) is 15.4. The molecule has 3 aromatic rings. The van der Waals surface area contributed by atoms with Crippen molar-refractivity contribution in [3.63, 3.8) is 0 Å². The highest BCUT2D eigenvalue weighted by molar-refractivity contribution is 5.91. The molecular weight excluding hydrogens is 560 g/mol. The minimum absolute atomic E-state index is 0.0608. The Morgan fingerprint density at radius 3 is 2.34 bits per heavy atom. The van der Waals surface area contributed by atoms with Crippen LogP contribution in [0.5, 0.6) is 0 Å². The molecule has 1 heterocycles. The number of nitrogens with one attached hydrogen (secondary N) is 4. The molecule has 0 aliphatic rings. The number of imidazole rings is 1. The molecular formula is C33H48N6O5. The van der Waals surface area contributed by atoms with Gasteiger partial charge in [0, 0.05) is 12.6 Å². The number of carbonyl (C=O) groups is 3. The van der Waals surface area contributed by atoms with Crippen LogP contribution in [0.15, 0.2) is 55.0 Å². The van der Waals surface area contributed by atoms with Crippen molar-refractivity contribution in [3.05, 3.63) is 66.2 Å². The lowest BCUT2D eigenvalue weighted by atomic mass is 9.95. The summed E-state index contributed by atoms with van der Waals surface area (Å²) in [7, 11) is 0. The Kier molecular flexibility index (Phi) is 13.3. The number of aliphatic hydroxyl groups is 2. The fourth-order valence-corrected chi connectivity index (χ4v) is 5.25. The molecule has 240 valence electrons. The van der Waals surface area contributed by atoms with E-state index in [1.807, 2.05) is 70.2 Å². The SMILES string of the molecule is CCC(C)[C@@H](CO)NC(=O)CC(O)C(CC(C)C)NC(=O)[C@H](Cc1c[nH]cn1)NC(=O)[C@@H](N)Cc1cccc2ccccc12. The van der Waals surface area contributed by atoms with Crippen molar-refractivity contribution in [2.75, 3.05) is 6.61 Å². The van der Waals surface area contributed by atoms with Gasteiger partial charge in [-0.3, -0.25) is 14.4 Å². The third-order valence-electron chi connectivity index (χ3n) is 8.04. The summed E-state index contributed by atoms with van der Waals surface area (Å²) in [5.41, 5.74) is 7.84. The van der Waals surface area contributed by atoms with Crippen LogP contribution in [-0.2, 0) is 27.2 Å². The second kappa shape index (κ2) is 16.9. The van der Waals surface area contributed by atoms with E-state index in [2.05, 4.69) is 25.9 Å². The summed E-state index contributed by atoms with van der Waals surface area (Å²) >= 11 is 0. The fraction of sp³-hybridized carbons (Fsp3) is 0.515. The number of aromatic nitrogens is 2. The van der Waals surface area contributed by atoms with Gasteiger partial charge in [0.25, 0.3) is 0 Å². The van der Waals surface area contributed by atoms with Crippen LogP contribution in [-0.4, -0.2) is 74.8 Å². The van der Waals surface area contributed by atoms with E-state index < -0.39 is 48.0 Å². The maximum atomic E-state index is 13.6. The van der Waals surface area contributed by atoms with Crippen molar-refractivity contribution in [2.24, 2.45) is 17.6 Å². The minimum atomic E-state index is -1.19. The number of fused-ring (bicyclic) bond motifs is 1. The van der Waals surface area contributed by atoms with Crippen molar-refractivity contribution in [1.29, 1.82) is 0 Å². The molecule has 3 rings (SSSR count). The summed E-state index contributed by atoms with van der Waals surface area (Å²) in [6.45, 7) is 7.59. The zero-order valence-electron chi connectivity index (χ0n) is 26.1. The number of benzene rings is 2. The molecule has 44 heavy (non-hydrogen) atoms. The molecule has 0 aliphatic heterocycles. The summed E-state index contributed by atoms with van der Waals surface area (Å²) in [5.74, 6) is -1.27. The van der Waals surface area contributed by atoms with Gasteiger partial charge in [-0.2, -0.15) is 0 Å². The first-order chi connectivity index (χ1) is 21.0. The number of H-pyrrole nitrogens is 1. The number of nitrogens with zero attached hydrogens (tertiary/aromatic N) is 1. The van der Waals surface area contributed by atoms with Crippen LogP contribution < -0.4 is 21.7 Å². The van der Waals surface area contributed by atoms with Crippen molar-refractivity contribution >= 4 is 28.5 Å². The van der Waals surface area contributed by atoms with Crippen LogP contribution in [0.2, 0.25) is 0 Å². The molecule has 0 bridgehead atoms. The zero-order valence-corrected chi connectivity index (χ0v) is 26.1. The third kappa shape index (κ3) is 10.1. The maximum absolute atomic E-state index is 13.6. The quantitative estimate of drug-likeness (QED) is 0.122. The molecule has 0 saturated carbocycles. The molecule has 0 saturated heterocycles. The highest BCUT2D eigenvalue weighted by Crippen LogP contribution is 2.20. The number of rotatable bonds is 17. The lowest BCUT2D eigenvalue weighted by Gasteiger charge is -2.29. The van der Waals surface area contributed by atoms with E-state index in [0.29, 0.717) is 12.1 Å². The van der Waals surface area contributed by atoms with Crippen LogP contribution in [0.4, 0.5) is 0 Å². The van der Waals surface area contributed by atoms with Gasteiger partial charge in [0.15, 0.2) is 0 Å². The number of aromatic amines is 1. The standard InChI is InChI=1S/C33H48N6O5/c1-5-21(4)29(18-40)37-31(42)16-30(41)27(13-20(2)3)38-33(44)28(15-24-17-35-19-36-24)39-32(43)26(34)14-23-11-8-10-22-9-6-7-12-25(22)23/h6-12,17,19-21,26-30,40-41H,5,13-16,18,34H2,1-4H3,(H,35,36)(H,37,42)(H,38,44)(H,39,43)/t21?,26-,27?,28-,29+,30?/m0/s1. The Bertz CT molecular complexity index is 1340. The molecule has 11 nitrogen and oxygen atoms in total. The predicted molar refractivity (Wildman–Crippen MR) is 170 cm³/mol. The van der Waals surface area contributed by atoms with Crippen LogP contribution in [0, 0.1) is 11.8 Å². The number of nitrogens with two attached hydrogens (primary N) is 1. The molecule has 6 atom stereocenters. The van der Waals surface area contributed by atoms with E-state index in [1.165, 1.54) is 6.33 Å². The first kappa shape index (κ1) is 34.7. The first-order valence-corrected chi connectivity index (χ1v) is 15.4. The van der Waals surface area contributed by atoms with Gasteiger partial charge in [-0.1, -0.05) is 76.6 Å². The van der Waals surface area contributed by atoms with Gasteiger partial charge in [-0.25, -0.2) is 4.98 Å². The van der Waals surface area contributed by atoms with E-state index in [4.69, 9.17) is 5.73 Å². The van der Waals surface area contributed by atoms with E-state index in [0.717, 1.165) is 22.8 Å². The molecule has 11 heteroatoms. The van der Waals surface area contributed by atoms with E-state index in [1.54, 1.807) is 6.20 Å². The molecule has 3 unspecified atom stereocenters. The number of aliphatic hydroxyl groups excluding tert-OH is 2. The van der Waals surface area contributed by atoms with Crippen molar-refractivity contribution < 1.29 is 24.6 Å². The summed E-state index contributed by atoms with van der Waals surface area (Å²) in [6.07, 6.45) is 3.24. The summed E-state index contributed by atoms with van der Waals surface area (Å²) in [6, 6.07) is 10.6. The van der Waals surface area contributed by atoms with E-state index >= 15 is 0 Å². The largest absolute Gasteiger partial charge is 0.394 e. The van der Waals surface area contributed by atoms with Crippen LogP contribution in [0.3, 0.4) is 0 Å². The summed E-state index contributed by atoms with van der Waals surface area (Å²) in [4.78, 5) is 46.8. The third-order valence-corrected chi connectivity index (χ3v) is 8.04. The van der Waals surface area contributed by atoms with Crippen molar-refractivity contribution in [3.8, 4) is 0 Å². The molecule has 1 aromatic heterocycles. The second-order valence-electron chi connectivity index (χ2n) is 12.0. The van der Waals surface area contributed by atoms with E-state index in [9.17, 15) is 24.6 Å². The predicted octanol–water partition coefficient (Wildman–Crippen LogP) is 1.97. The van der Waals surface area contributed by atoms with Gasteiger partial charge in [0.1, 0.15) is 6.04 Å². The Labute approximate surface area is 259 Å². The van der Waals surface area contributed by atoms with Crippen molar-refractivity contribution in [2.45, 2.75) is 90.1 Å². The summed E-state index contributed by atoms with van der Waals surface area (Å²) < 4.78 is 0. The Balaban J connectivity index is 1.72. The highest BCUT2D eigenvalue weighted by atomic mass is 16.3. The van der Waals surface area contributed by atoms with Gasteiger partial charge in [-0.15, -0.1) is 0 Å². The zero-order chi connectivity index (χ0) is 32.2. The average molecular weight is 609 g/mol. The number of amides is 3. The molecule has 0 aliphatic carbocycles. The van der Waals surface area contributed by atoms with Crippen LogP contribution in [0.1, 0.15) is 58.2 Å². The van der Waals surface area contributed by atoms with Gasteiger partial charge >= 0.3 is 0 Å². The van der Waals surface area contributed by atoms with Crippen molar-refractivity contribution in [1.82, 2.24) is 25.9 Å². The molecule has 0 radical (unpaired) electrons. The molecule has 0 spiro atoms. The number of hydrogen-bond acceptors (Lipinski definition) is 7. The van der Waals surface area contributed by atoms with E-state index in [-0.39, 0.29) is 37.7 Å². The smallest absolute Gasteiger partial charge is 0.243 e. The van der Waals surface area contributed by atoms with Gasteiger partial charge in [0.2, 0.25) is 17.7 Å². The Hall–Kier alpha value is -3.80. The normalized spacial score (nSPS) is 15.6. The molecule has 8 N–H and O–H groups in total. The second-order valence-corrected chi connectivity index (χ2v) is 12.0. The Morgan fingerprint density at radius 1 is 0.955 bits per heavy atom. The van der Waals surface area contributed by atoms with Gasteiger partial charge in [-0.05, 0) is 41.0 Å². The topological polar surface area (TPSA) is 182 Å². The molecule has 0 fully saturated rings. The van der Waals surface area contributed by atoms with Crippen LogP contribution in [0.25, 0.3) is 10.8 Å².